The normalized spacial score (nSPS) is 18.5. The van der Waals surface area contributed by atoms with E-state index in [0.717, 1.165) is 0 Å². The molecule has 10 heteroatoms. The van der Waals surface area contributed by atoms with Crippen molar-refractivity contribution in [3.63, 3.8) is 0 Å². The first kappa shape index (κ1) is 21.5. The highest BCUT2D eigenvalue weighted by Crippen LogP contribution is 2.37. The van der Waals surface area contributed by atoms with Crippen LogP contribution in [0, 0.1) is 0 Å². The topological polar surface area (TPSA) is 74.6 Å². The third kappa shape index (κ3) is 4.09. The molecule has 2 heterocycles. The lowest BCUT2D eigenvalue weighted by Gasteiger charge is -2.32. The summed E-state index contributed by atoms with van der Waals surface area (Å²) in [5.74, 6) is -0.312. The summed E-state index contributed by atoms with van der Waals surface area (Å²) in [6.45, 7) is 9.73. The summed E-state index contributed by atoms with van der Waals surface area (Å²) in [7, 11) is -0.779. The van der Waals surface area contributed by atoms with Gasteiger partial charge in [-0.05, 0) is 54.5 Å². The van der Waals surface area contributed by atoms with Crippen LogP contribution >= 0.6 is 0 Å². The molecule has 0 bridgehead atoms. The van der Waals surface area contributed by atoms with Crippen LogP contribution in [-0.4, -0.2) is 39.6 Å². The summed E-state index contributed by atoms with van der Waals surface area (Å²) in [6, 6.07) is 4.84. The minimum Gasteiger partial charge on any atom is -0.444 e. The lowest BCUT2D eigenvalue weighted by Crippen LogP contribution is -2.41. The van der Waals surface area contributed by atoms with Crippen LogP contribution in [-0.2, 0) is 14.0 Å². The average molecular weight is 409 g/mol. The summed E-state index contributed by atoms with van der Waals surface area (Å²) in [5, 5.41) is 2.32. The molecule has 7 nitrogen and oxygen atoms in total. The van der Waals surface area contributed by atoms with E-state index in [0.29, 0.717) is 10.0 Å². The molecule has 0 radical (unpaired) electrons. The second-order valence-corrected chi connectivity index (χ2v) is 9.01. The Morgan fingerprint density at radius 3 is 2.31 bits per heavy atom. The number of ether oxygens (including phenoxy) is 1. The molecule has 0 unspecified atom stereocenters. The van der Waals surface area contributed by atoms with E-state index in [1.54, 1.807) is 32.9 Å². The molecule has 1 aromatic heterocycles. The number of hydrogen-bond donors (Lipinski definition) is 1. The van der Waals surface area contributed by atoms with Gasteiger partial charge in [0.25, 0.3) is 0 Å². The van der Waals surface area contributed by atoms with E-state index >= 15 is 0 Å². The molecule has 2 aromatic rings. The predicted octanol–water partition coefficient (Wildman–Crippen LogP) is 4.08. The van der Waals surface area contributed by atoms with E-state index < -0.39 is 36.6 Å². The largest absolute Gasteiger partial charge is 0.497 e. The number of para-hydroxylation sites is 1. The number of aromatic nitrogens is 2. The Morgan fingerprint density at radius 1 is 1.21 bits per heavy atom. The Morgan fingerprint density at radius 2 is 1.79 bits per heavy atom. The van der Waals surface area contributed by atoms with Gasteiger partial charge in [0, 0.05) is 5.46 Å². The third-order valence-electron chi connectivity index (χ3n) is 5.07. The first-order chi connectivity index (χ1) is 13.2. The highest BCUT2D eigenvalue weighted by Gasteiger charge is 2.52. The van der Waals surface area contributed by atoms with Gasteiger partial charge in [0.2, 0.25) is 5.95 Å². The molecule has 1 N–H and O–H groups in total. The molecular formula is C19H26BF2N3O4. The number of nitrogens with zero attached hydrogens (tertiary/aromatic N) is 2. The van der Waals surface area contributed by atoms with Gasteiger partial charge in [0.05, 0.1) is 22.2 Å². The number of benzene rings is 1. The fraction of sp³-hybridized carbons (Fsp3) is 0.579. The van der Waals surface area contributed by atoms with Gasteiger partial charge < -0.3 is 14.0 Å². The second kappa shape index (κ2) is 6.95. The highest BCUT2D eigenvalue weighted by atomic mass is 19.3. The van der Waals surface area contributed by atoms with Gasteiger partial charge in [-0.3, -0.25) is 9.88 Å². The van der Waals surface area contributed by atoms with Crippen molar-refractivity contribution in [3.8, 4) is 0 Å². The van der Waals surface area contributed by atoms with Crippen molar-refractivity contribution in [1.29, 1.82) is 0 Å². The van der Waals surface area contributed by atoms with Crippen molar-refractivity contribution in [2.75, 3.05) is 5.32 Å². The quantitative estimate of drug-likeness (QED) is 0.774. The number of amides is 1. The zero-order valence-electron chi connectivity index (χ0n) is 17.7. The van der Waals surface area contributed by atoms with Gasteiger partial charge in [-0.25, -0.2) is 9.78 Å². The molecule has 1 fully saturated rings. The van der Waals surface area contributed by atoms with Gasteiger partial charge >= 0.3 is 19.8 Å². The van der Waals surface area contributed by atoms with Crippen molar-refractivity contribution in [3.05, 3.63) is 18.2 Å². The predicted molar refractivity (Wildman–Crippen MR) is 107 cm³/mol. The molecule has 0 saturated carbocycles. The number of halogens is 2. The van der Waals surface area contributed by atoms with Gasteiger partial charge in [0.15, 0.2) is 0 Å². The first-order valence-corrected chi connectivity index (χ1v) is 9.36. The van der Waals surface area contributed by atoms with Crippen LogP contribution in [0.15, 0.2) is 18.2 Å². The van der Waals surface area contributed by atoms with Crippen LogP contribution in [0.3, 0.4) is 0 Å². The monoisotopic (exact) mass is 409 g/mol. The summed E-state index contributed by atoms with van der Waals surface area (Å²) < 4.78 is 45.5. The molecule has 1 aliphatic rings. The van der Waals surface area contributed by atoms with Crippen molar-refractivity contribution in [2.45, 2.75) is 71.8 Å². The highest BCUT2D eigenvalue weighted by molar-refractivity contribution is 6.64. The third-order valence-corrected chi connectivity index (χ3v) is 5.07. The molecule has 0 spiro atoms. The summed E-state index contributed by atoms with van der Waals surface area (Å²) >= 11 is 0. The van der Waals surface area contributed by atoms with Crippen LogP contribution in [0.4, 0.5) is 19.5 Å². The van der Waals surface area contributed by atoms with Crippen LogP contribution < -0.4 is 10.8 Å². The minimum absolute atomic E-state index is 0.151. The number of anilines is 1. The molecule has 0 aliphatic carbocycles. The minimum atomic E-state index is -2.92. The fourth-order valence-electron chi connectivity index (χ4n) is 2.98. The Balaban J connectivity index is 2.04. The SMILES string of the molecule is CC(C)(C)OC(=O)Nc1nc2c(B3OC(C)(C)C(C)(C)O3)cccc2n1C(F)F. The Hall–Kier alpha value is -2.20. The number of fused-ring (bicyclic) bond motifs is 1. The molecule has 29 heavy (non-hydrogen) atoms. The van der Waals surface area contributed by atoms with E-state index in [2.05, 4.69) is 10.3 Å². The van der Waals surface area contributed by atoms with Crippen LogP contribution in [0.1, 0.15) is 55.0 Å². The molecule has 1 aliphatic heterocycles. The van der Waals surface area contributed by atoms with Crippen molar-refractivity contribution >= 4 is 35.7 Å². The zero-order chi connectivity index (χ0) is 21.8. The zero-order valence-corrected chi connectivity index (χ0v) is 17.7. The lowest BCUT2D eigenvalue weighted by molar-refractivity contribution is 0.00578. The maximum Gasteiger partial charge on any atom is 0.497 e. The fourth-order valence-corrected chi connectivity index (χ4v) is 2.98. The van der Waals surface area contributed by atoms with Crippen molar-refractivity contribution < 1.29 is 27.6 Å². The number of carbonyl (C=O) groups excluding carboxylic acids is 1. The summed E-state index contributed by atoms with van der Waals surface area (Å²) in [6.07, 6.45) is -0.869. The van der Waals surface area contributed by atoms with Crippen molar-refractivity contribution in [1.82, 2.24) is 9.55 Å². The van der Waals surface area contributed by atoms with E-state index in [4.69, 9.17) is 14.0 Å². The molecule has 1 saturated heterocycles. The van der Waals surface area contributed by atoms with Gasteiger partial charge in [-0.2, -0.15) is 8.78 Å². The standard InChI is InChI=1S/C19H26BF2N3O4/c1-17(2,3)27-16(26)24-15-23-13-11(9-8-10-12(13)25(15)14(21)22)20-28-18(4,5)19(6,7)29-20/h8-10,14H,1-7H3,(H,23,24,26). The maximum atomic E-state index is 13.8. The summed E-state index contributed by atoms with van der Waals surface area (Å²) in [4.78, 5) is 16.4. The molecule has 1 amide bonds. The average Bonchev–Trinajstić information content (AvgIpc) is 2.98. The van der Waals surface area contributed by atoms with Gasteiger partial charge in [-0.15, -0.1) is 0 Å². The Bertz CT molecular complexity index is 921. The maximum absolute atomic E-state index is 13.8. The smallest absolute Gasteiger partial charge is 0.444 e. The number of alkyl halides is 2. The Labute approximate surface area is 168 Å². The lowest BCUT2D eigenvalue weighted by atomic mass is 9.78. The van der Waals surface area contributed by atoms with E-state index in [1.807, 2.05) is 27.7 Å². The summed E-state index contributed by atoms with van der Waals surface area (Å²) in [5.41, 5.74) is -1.05. The number of nitrogens with one attached hydrogen (secondary N) is 1. The molecule has 0 atom stereocenters. The first-order valence-electron chi connectivity index (χ1n) is 9.36. The number of imidazole rings is 1. The second-order valence-electron chi connectivity index (χ2n) is 9.01. The van der Waals surface area contributed by atoms with Gasteiger partial charge in [0.1, 0.15) is 5.60 Å². The van der Waals surface area contributed by atoms with Gasteiger partial charge in [-0.1, -0.05) is 12.1 Å². The van der Waals surface area contributed by atoms with Crippen LogP contribution in [0.25, 0.3) is 11.0 Å². The molecule has 1 aromatic carbocycles. The number of carbonyl (C=O) groups is 1. The van der Waals surface area contributed by atoms with E-state index in [1.165, 1.54) is 6.07 Å². The molecule has 158 valence electrons. The van der Waals surface area contributed by atoms with E-state index in [-0.39, 0.29) is 17.0 Å². The number of hydrogen-bond acceptors (Lipinski definition) is 5. The number of rotatable bonds is 3. The van der Waals surface area contributed by atoms with Crippen LogP contribution in [0.5, 0.6) is 0 Å². The molecule has 3 rings (SSSR count). The van der Waals surface area contributed by atoms with Crippen LogP contribution in [0.2, 0.25) is 0 Å². The Kier molecular flexibility index (Phi) is 5.15. The molecular weight excluding hydrogens is 383 g/mol. The van der Waals surface area contributed by atoms with Crippen molar-refractivity contribution in [2.24, 2.45) is 0 Å². The van der Waals surface area contributed by atoms with E-state index in [9.17, 15) is 13.6 Å².